The van der Waals surface area contributed by atoms with Crippen molar-refractivity contribution in [1.29, 1.82) is 0 Å². The smallest absolute Gasteiger partial charge is 0.326 e. The Balaban J connectivity index is 1.64. The molecule has 1 aliphatic rings. The van der Waals surface area contributed by atoms with Crippen molar-refractivity contribution in [3.8, 4) is 11.4 Å². The summed E-state index contributed by atoms with van der Waals surface area (Å²) in [5.41, 5.74) is 7.77. The second kappa shape index (κ2) is 8.57. The van der Waals surface area contributed by atoms with Gasteiger partial charge >= 0.3 is 5.97 Å². The second-order valence-electron chi connectivity index (χ2n) is 9.37. The average Bonchev–Trinajstić information content (AvgIpc) is 3.21. The van der Waals surface area contributed by atoms with Crippen LogP contribution in [0.15, 0.2) is 42.7 Å². The Morgan fingerprint density at radius 2 is 1.88 bits per heavy atom. The maximum absolute atomic E-state index is 12.5. The van der Waals surface area contributed by atoms with E-state index in [4.69, 9.17) is 25.2 Å². The Kier molecular flexibility index (Phi) is 5.57. The Bertz CT molecular complexity index is 1350. The van der Waals surface area contributed by atoms with Crippen LogP contribution < -0.4 is 10.6 Å². The van der Waals surface area contributed by atoms with Gasteiger partial charge in [0.1, 0.15) is 23.8 Å². The molecule has 3 aromatic heterocycles. The van der Waals surface area contributed by atoms with Crippen molar-refractivity contribution in [3.05, 3.63) is 42.7 Å². The minimum atomic E-state index is -0.533. The van der Waals surface area contributed by atoms with Gasteiger partial charge in [-0.05, 0) is 51.1 Å². The lowest BCUT2D eigenvalue weighted by Crippen LogP contribution is -2.37. The monoisotopic (exact) mass is 460 g/mol. The minimum Gasteiger partial charge on any atom is -0.459 e. The van der Waals surface area contributed by atoms with Gasteiger partial charge in [0.25, 0.3) is 0 Å². The van der Waals surface area contributed by atoms with Crippen LogP contribution in [0, 0.1) is 0 Å². The summed E-state index contributed by atoms with van der Waals surface area (Å²) in [4.78, 5) is 28.8. The SMILES string of the molecule is CC(C)(C)OC(=O)Cn1ccc2c3nc(-c4ccc(N)nc4)nc(N4CCOCC4)c3ccc21. The number of hydrogen-bond donors (Lipinski definition) is 1. The topological polar surface area (TPSA) is 108 Å². The van der Waals surface area contributed by atoms with E-state index >= 15 is 0 Å². The molecule has 34 heavy (non-hydrogen) atoms. The van der Waals surface area contributed by atoms with Crippen molar-refractivity contribution < 1.29 is 14.3 Å². The van der Waals surface area contributed by atoms with E-state index in [1.165, 1.54) is 0 Å². The van der Waals surface area contributed by atoms with E-state index in [0.29, 0.717) is 24.9 Å². The highest BCUT2D eigenvalue weighted by Gasteiger charge is 2.21. The molecule has 5 rings (SSSR count). The lowest BCUT2D eigenvalue weighted by molar-refractivity contribution is -0.155. The van der Waals surface area contributed by atoms with Crippen molar-refractivity contribution in [2.45, 2.75) is 32.9 Å². The van der Waals surface area contributed by atoms with Crippen molar-refractivity contribution >= 4 is 39.4 Å². The van der Waals surface area contributed by atoms with E-state index < -0.39 is 5.60 Å². The number of fused-ring (bicyclic) bond motifs is 3. The molecule has 1 aromatic carbocycles. The molecule has 0 amide bonds. The van der Waals surface area contributed by atoms with Gasteiger partial charge < -0.3 is 24.7 Å². The quantitative estimate of drug-likeness (QED) is 0.462. The number of pyridine rings is 1. The van der Waals surface area contributed by atoms with Crippen LogP contribution in [0.25, 0.3) is 33.2 Å². The fourth-order valence-corrected chi connectivity index (χ4v) is 4.18. The van der Waals surface area contributed by atoms with Crippen LogP contribution in [0.1, 0.15) is 20.8 Å². The normalized spacial score (nSPS) is 14.6. The Labute approximate surface area is 197 Å². The second-order valence-corrected chi connectivity index (χ2v) is 9.37. The number of esters is 1. The third-order valence-electron chi connectivity index (χ3n) is 5.67. The van der Waals surface area contributed by atoms with Crippen molar-refractivity contribution in [2.75, 3.05) is 36.9 Å². The van der Waals surface area contributed by atoms with Gasteiger partial charge in [-0.1, -0.05) is 0 Å². The fraction of sp³-hybridized carbons (Fsp3) is 0.360. The van der Waals surface area contributed by atoms with Crippen molar-refractivity contribution in [3.63, 3.8) is 0 Å². The highest BCUT2D eigenvalue weighted by atomic mass is 16.6. The highest BCUT2D eigenvalue weighted by molar-refractivity contribution is 6.08. The molecule has 0 radical (unpaired) electrons. The molecule has 9 heteroatoms. The van der Waals surface area contributed by atoms with Crippen LogP contribution in [0.4, 0.5) is 11.6 Å². The predicted molar refractivity (Wildman–Crippen MR) is 132 cm³/mol. The number of nitrogens with zero attached hydrogens (tertiary/aromatic N) is 5. The zero-order chi connectivity index (χ0) is 23.9. The molecule has 0 aliphatic carbocycles. The molecule has 1 fully saturated rings. The zero-order valence-corrected chi connectivity index (χ0v) is 19.6. The molecule has 0 bridgehead atoms. The Hall–Kier alpha value is -3.72. The van der Waals surface area contributed by atoms with Crippen LogP contribution in [0.3, 0.4) is 0 Å². The van der Waals surface area contributed by atoms with E-state index in [2.05, 4.69) is 9.88 Å². The number of morpholine rings is 1. The van der Waals surface area contributed by atoms with Gasteiger partial charge in [-0.2, -0.15) is 0 Å². The van der Waals surface area contributed by atoms with Crippen molar-refractivity contribution in [1.82, 2.24) is 19.5 Å². The molecule has 0 unspecified atom stereocenters. The first-order valence-electron chi connectivity index (χ1n) is 11.3. The van der Waals surface area contributed by atoms with Gasteiger partial charge in [-0.15, -0.1) is 0 Å². The van der Waals surface area contributed by atoms with Crippen LogP contribution in [0.5, 0.6) is 0 Å². The number of carbonyl (C=O) groups is 1. The molecule has 9 nitrogen and oxygen atoms in total. The highest BCUT2D eigenvalue weighted by Crippen LogP contribution is 2.33. The number of nitrogens with two attached hydrogens (primary N) is 1. The summed E-state index contributed by atoms with van der Waals surface area (Å²) in [6.07, 6.45) is 3.59. The van der Waals surface area contributed by atoms with Gasteiger partial charge in [0, 0.05) is 41.8 Å². The third kappa shape index (κ3) is 4.38. The van der Waals surface area contributed by atoms with Gasteiger partial charge in [-0.3, -0.25) is 4.79 Å². The molecular weight excluding hydrogens is 432 g/mol. The van der Waals surface area contributed by atoms with Crippen LogP contribution in [0.2, 0.25) is 0 Å². The summed E-state index contributed by atoms with van der Waals surface area (Å²) < 4.78 is 13.0. The molecule has 176 valence electrons. The molecule has 0 spiro atoms. The summed E-state index contributed by atoms with van der Waals surface area (Å²) >= 11 is 0. The van der Waals surface area contributed by atoms with Gasteiger partial charge in [0.15, 0.2) is 5.82 Å². The Morgan fingerprint density at radius 3 is 2.59 bits per heavy atom. The molecule has 4 aromatic rings. The predicted octanol–water partition coefficient (Wildman–Crippen LogP) is 3.41. The molecule has 1 saturated heterocycles. The van der Waals surface area contributed by atoms with Gasteiger partial charge in [0.2, 0.25) is 0 Å². The maximum Gasteiger partial charge on any atom is 0.326 e. The van der Waals surface area contributed by atoms with E-state index in [-0.39, 0.29) is 12.5 Å². The molecule has 0 atom stereocenters. The number of carbonyl (C=O) groups excluding carboxylic acids is 1. The van der Waals surface area contributed by atoms with E-state index in [1.807, 2.05) is 55.8 Å². The number of aromatic nitrogens is 4. The molecule has 2 N–H and O–H groups in total. The molecule has 4 heterocycles. The zero-order valence-electron chi connectivity index (χ0n) is 19.6. The first kappa shape index (κ1) is 22.1. The minimum absolute atomic E-state index is 0.127. The number of rotatable bonds is 4. The first-order chi connectivity index (χ1) is 16.3. The van der Waals surface area contributed by atoms with Gasteiger partial charge in [0.05, 0.1) is 24.2 Å². The van der Waals surface area contributed by atoms with Crippen LogP contribution >= 0.6 is 0 Å². The summed E-state index contributed by atoms with van der Waals surface area (Å²) in [6, 6.07) is 9.65. The maximum atomic E-state index is 12.5. The third-order valence-corrected chi connectivity index (χ3v) is 5.67. The largest absolute Gasteiger partial charge is 0.459 e. The standard InChI is InChI=1S/C25H28N6O3/c1-25(2,3)34-21(32)15-31-9-8-17-19(31)6-5-18-22(17)28-23(16-4-7-20(26)27-14-16)29-24(18)30-10-12-33-13-11-30/h4-9,14H,10-13,15H2,1-3H3,(H2,26,27). The number of anilines is 2. The number of nitrogen functional groups attached to an aromatic ring is 1. The summed E-state index contributed by atoms with van der Waals surface area (Å²) in [6.45, 7) is 8.53. The van der Waals surface area contributed by atoms with Crippen molar-refractivity contribution in [2.24, 2.45) is 0 Å². The first-order valence-corrected chi connectivity index (χ1v) is 11.3. The number of benzene rings is 1. The molecule has 1 aliphatic heterocycles. The molecular formula is C25H28N6O3. The summed E-state index contributed by atoms with van der Waals surface area (Å²) in [7, 11) is 0. The lowest BCUT2D eigenvalue weighted by Gasteiger charge is -2.29. The average molecular weight is 461 g/mol. The number of hydrogen-bond acceptors (Lipinski definition) is 8. The number of ether oxygens (including phenoxy) is 2. The molecule has 0 saturated carbocycles. The summed E-state index contributed by atoms with van der Waals surface area (Å²) in [5.74, 6) is 1.60. The van der Waals surface area contributed by atoms with E-state index in [0.717, 1.165) is 46.3 Å². The van der Waals surface area contributed by atoms with E-state index in [9.17, 15) is 4.79 Å². The summed E-state index contributed by atoms with van der Waals surface area (Å²) in [5, 5.41) is 1.90. The van der Waals surface area contributed by atoms with Gasteiger partial charge in [-0.25, -0.2) is 15.0 Å². The Morgan fingerprint density at radius 1 is 1.09 bits per heavy atom. The van der Waals surface area contributed by atoms with E-state index in [1.54, 1.807) is 12.3 Å². The van der Waals surface area contributed by atoms with Crippen LogP contribution in [-0.4, -0.2) is 57.4 Å². The lowest BCUT2D eigenvalue weighted by atomic mass is 10.1. The fourth-order valence-electron chi connectivity index (χ4n) is 4.18. The van der Waals surface area contributed by atoms with Crippen LogP contribution in [-0.2, 0) is 20.8 Å².